The zero-order valence-corrected chi connectivity index (χ0v) is 9.71. The van der Waals surface area contributed by atoms with Crippen LogP contribution in [0.5, 0.6) is 0 Å². The third-order valence-corrected chi connectivity index (χ3v) is 3.43. The first-order valence-corrected chi connectivity index (χ1v) is 5.99. The first kappa shape index (κ1) is 10.2. The Hall–Kier alpha value is -1.96. The van der Waals surface area contributed by atoms with Gasteiger partial charge < -0.3 is 10.6 Å². The van der Waals surface area contributed by atoms with Gasteiger partial charge in [0.25, 0.3) is 0 Å². The fourth-order valence-electron chi connectivity index (χ4n) is 2.39. The van der Waals surface area contributed by atoms with E-state index in [-0.39, 0.29) is 0 Å². The molecule has 0 spiro atoms. The van der Waals surface area contributed by atoms with Crippen molar-refractivity contribution in [2.24, 2.45) is 0 Å². The van der Waals surface area contributed by atoms with Crippen molar-refractivity contribution in [2.45, 2.75) is 5.92 Å². The van der Waals surface area contributed by atoms with E-state index in [2.05, 4.69) is 41.3 Å². The lowest BCUT2D eigenvalue weighted by Gasteiger charge is -2.41. The third-order valence-electron chi connectivity index (χ3n) is 3.43. The molecule has 2 N–H and O–H groups in total. The zero-order chi connectivity index (χ0) is 11.7. The number of anilines is 2. The van der Waals surface area contributed by atoms with E-state index in [9.17, 15) is 0 Å². The summed E-state index contributed by atoms with van der Waals surface area (Å²) in [5, 5.41) is 0. The molecule has 0 aliphatic carbocycles. The van der Waals surface area contributed by atoms with Gasteiger partial charge in [0.1, 0.15) is 0 Å². The Morgan fingerprint density at radius 1 is 0.882 bits per heavy atom. The predicted molar refractivity (Wildman–Crippen MR) is 72.3 cm³/mol. The van der Waals surface area contributed by atoms with Crippen molar-refractivity contribution in [3.8, 4) is 0 Å². The maximum Gasteiger partial charge on any atom is 0.0600 e. The first-order valence-electron chi connectivity index (χ1n) is 5.99. The van der Waals surface area contributed by atoms with E-state index < -0.39 is 0 Å². The second kappa shape index (κ2) is 4.13. The van der Waals surface area contributed by atoms with Gasteiger partial charge in [0, 0.05) is 19.0 Å². The van der Waals surface area contributed by atoms with Crippen molar-refractivity contribution < 1.29 is 0 Å². The fourth-order valence-corrected chi connectivity index (χ4v) is 2.39. The molecular formula is C15H16N2. The van der Waals surface area contributed by atoms with Gasteiger partial charge in [-0.15, -0.1) is 0 Å². The van der Waals surface area contributed by atoms with Crippen molar-refractivity contribution in [1.82, 2.24) is 0 Å². The highest BCUT2D eigenvalue weighted by molar-refractivity contribution is 5.68. The van der Waals surface area contributed by atoms with Crippen molar-refractivity contribution >= 4 is 11.4 Å². The molecule has 0 radical (unpaired) electrons. The largest absolute Gasteiger partial charge is 0.397 e. The Morgan fingerprint density at radius 3 is 2.24 bits per heavy atom. The van der Waals surface area contributed by atoms with E-state index in [0.29, 0.717) is 5.92 Å². The third kappa shape index (κ3) is 1.86. The number of nitrogens with two attached hydrogens (primary N) is 1. The van der Waals surface area contributed by atoms with Crippen LogP contribution in [0.1, 0.15) is 11.5 Å². The lowest BCUT2D eigenvalue weighted by Crippen LogP contribution is -2.45. The van der Waals surface area contributed by atoms with Gasteiger partial charge in [-0.3, -0.25) is 0 Å². The molecule has 0 saturated carbocycles. The van der Waals surface area contributed by atoms with Crippen LogP contribution < -0.4 is 10.6 Å². The van der Waals surface area contributed by atoms with Crippen molar-refractivity contribution in [2.75, 3.05) is 23.7 Å². The molecule has 1 aliphatic heterocycles. The highest BCUT2D eigenvalue weighted by Gasteiger charge is 2.28. The molecule has 2 heteroatoms. The molecule has 2 aromatic rings. The number of para-hydroxylation sites is 2. The Labute approximate surface area is 102 Å². The summed E-state index contributed by atoms with van der Waals surface area (Å²) in [6.45, 7) is 2.14. The smallest absolute Gasteiger partial charge is 0.0600 e. The number of hydrogen-bond acceptors (Lipinski definition) is 2. The summed E-state index contributed by atoms with van der Waals surface area (Å²) >= 11 is 0. The van der Waals surface area contributed by atoms with E-state index >= 15 is 0 Å². The van der Waals surface area contributed by atoms with Gasteiger partial charge in [0.15, 0.2) is 0 Å². The summed E-state index contributed by atoms with van der Waals surface area (Å²) in [6, 6.07) is 18.8. The van der Waals surface area contributed by atoms with E-state index in [4.69, 9.17) is 5.73 Å². The van der Waals surface area contributed by atoms with Crippen LogP contribution in [0.25, 0.3) is 0 Å². The molecule has 86 valence electrons. The van der Waals surface area contributed by atoms with Gasteiger partial charge in [0.2, 0.25) is 0 Å². The van der Waals surface area contributed by atoms with E-state index in [1.807, 2.05) is 18.2 Å². The van der Waals surface area contributed by atoms with Gasteiger partial charge in [-0.2, -0.15) is 0 Å². The quantitative estimate of drug-likeness (QED) is 0.795. The molecular weight excluding hydrogens is 208 g/mol. The number of hydrogen-bond donors (Lipinski definition) is 1. The first-order chi connectivity index (χ1) is 8.34. The molecule has 0 amide bonds. The van der Waals surface area contributed by atoms with Gasteiger partial charge in [-0.05, 0) is 17.7 Å². The second-order valence-corrected chi connectivity index (χ2v) is 4.57. The normalized spacial score (nSPS) is 15.6. The molecule has 0 unspecified atom stereocenters. The van der Waals surface area contributed by atoms with Crippen LogP contribution in [0.15, 0.2) is 54.6 Å². The molecule has 1 heterocycles. The molecule has 0 bridgehead atoms. The second-order valence-electron chi connectivity index (χ2n) is 4.57. The Morgan fingerprint density at radius 2 is 1.53 bits per heavy atom. The molecule has 0 aromatic heterocycles. The summed E-state index contributed by atoms with van der Waals surface area (Å²) in [4.78, 5) is 2.34. The standard InChI is InChI=1S/C15H16N2/c16-14-8-4-5-9-15(14)17-10-13(11-17)12-6-2-1-3-7-12/h1-9,13H,10-11,16H2. The van der Waals surface area contributed by atoms with Crippen LogP contribution in [0.4, 0.5) is 11.4 Å². The average molecular weight is 224 g/mol. The van der Waals surface area contributed by atoms with Gasteiger partial charge in [-0.25, -0.2) is 0 Å². The topological polar surface area (TPSA) is 29.3 Å². The monoisotopic (exact) mass is 224 g/mol. The molecule has 0 atom stereocenters. The Kier molecular flexibility index (Phi) is 2.48. The summed E-state index contributed by atoms with van der Waals surface area (Å²) in [6.07, 6.45) is 0. The van der Waals surface area contributed by atoms with E-state index in [1.165, 1.54) is 11.3 Å². The highest BCUT2D eigenvalue weighted by atomic mass is 15.2. The van der Waals surface area contributed by atoms with Crippen LogP contribution in [0.3, 0.4) is 0 Å². The molecule has 2 nitrogen and oxygen atoms in total. The van der Waals surface area contributed by atoms with E-state index in [1.54, 1.807) is 0 Å². The van der Waals surface area contributed by atoms with Crippen LogP contribution in [0.2, 0.25) is 0 Å². The Balaban J connectivity index is 1.72. The van der Waals surface area contributed by atoms with Crippen molar-refractivity contribution in [1.29, 1.82) is 0 Å². The maximum absolute atomic E-state index is 5.97. The van der Waals surface area contributed by atoms with Crippen LogP contribution in [0, 0.1) is 0 Å². The lowest BCUT2D eigenvalue weighted by molar-refractivity contribution is 0.526. The summed E-state index contributed by atoms with van der Waals surface area (Å²) in [5.41, 5.74) is 9.44. The minimum atomic E-state index is 0.649. The fraction of sp³-hybridized carbons (Fsp3) is 0.200. The number of nitrogens with zero attached hydrogens (tertiary/aromatic N) is 1. The van der Waals surface area contributed by atoms with E-state index in [0.717, 1.165) is 18.8 Å². The van der Waals surface area contributed by atoms with Crippen molar-refractivity contribution in [3.05, 3.63) is 60.2 Å². The lowest BCUT2D eigenvalue weighted by atomic mass is 9.91. The van der Waals surface area contributed by atoms with Crippen molar-refractivity contribution in [3.63, 3.8) is 0 Å². The zero-order valence-electron chi connectivity index (χ0n) is 9.71. The Bertz CT molecular complexity index is 501. The molecule has 3 rings (SSSR count). The van der Waals surface area contributed by atoms with Crippen LogP contribution in [-0.2, 0) is 0 Å². The predicted octanol–water partition coefficient (Wildman–Crippen LogP) is 2.87. The molecule has 1 aliphatic rings. The maximum atomic E-state index is 5.97. The summed E-state index contributed by atoms with van der Waals surface area (Å²) in [7, 11) is 0. The summed E-state index contributed by atoms with van der Waals surface area (Å²) < 4.78 is 0. The van der Waals surface area contributed by atoms with Crippen LogP contribution in [-0.4, -0.2) is 13.1 Å². The molecule has 1 fully saturated rings. The number of nitrogen functional groups attached to an aromatic ring is 1. The number of rotatable bonds is 2. The number of benzene rings is 2. The highest BCUT2D eigenvalue weighted by Crippen LogP contribution is 2.34. The molecule has 17 heavy (non-hydrogen) atoms. The van der Waals surface area contributed by atoms with Gasteiger partial charge >= 0.3 is 0 Å². The summed E-state index contributed by atoms with van der Waals surface area (Å²) in [5.74, 6) is 0.649. The van der Waals surface area contributed by atoms with Crippen LogP contribution >= 0.6 is 0 Å². The SMILES string of the molecule is Nc1ccccc1N1CC(c2ccccc2)C1. The molecule has 1 saturated heterocycles. The minimum Gasteiger partial charge on any atom is -0.397 e. The van der Waals surface area contributed by atoms with Gasteiger partial charge in [-0.1, -0.05) is 42.5 Å². The average Bonchev–Trinajstić information content (AvgIpc) is 2.31. The molecule has 2 aromatic carbocycles. The minimum absolute atomic E-state index is 0.649. The van der Waals surface area contributed by atoms with Gasteiger partial charge in [0.05, 0.1) is 11.4 Å².